The summed E-state index contributed by atoms with van der Waals surface area (Å²) in [5, 5.41) is 3.89. The van der Waals surface area contributed by atoms with Crippen LogP contribution in [0.3, 0.4) is 0 Å². The molecule has 6 nitrogen and oxygen atoms in total. The van der Waals surface area contributed by atoms with Crippen LogP contribution in [0.25, 0.3) is 0 Å². The van der Waals surface area contributed by atoms with Crippen LogP contribution in [-0.2, 0) is 11.2 Å². The summed E-state index contributed by atoms with van der Waals surface area (Å²) < 4.78 is 0. The lowest BCUT2D eigenvalue weighted by atomic mass is 9.73. The summed E-state index contributed by atoms with van der Waals surface area (Å²) in [6.07, 6.45) is 9.45. The van der Waals surface area contributed by atoms with Gasteiger partial charge in [0, 0.05) is 36.5 Å². The molecular weight excluding hydrogens is 376 g/mol. The van der Waals surface area contributed by atoms with Crippen molar-refractivity contribution in [3.63, 3.8) is 0 Å². The smallest absolute Gasteiger partial charge is 0.274 e. The maximum absolute atomic E-state index is 13.2. The summed E-state index contributed by atoms with van der Waals surface area (Å²) in [7, 11) is 0. The zero-order chi connectivity index (χ0) is 19.6. The number of aromatic nitrogens is 2. The van der Waals surface area contributed by atoms with E-state index in [1.165, 1.54) is 18.6 Å². The van der Waals surface area contributed by atoms with Gasteiger partial charge >= 0.3 is 0 Å². The fraction of sp³-hybridized carbons (Fsp3) is 0.429. The van der Waals surface area contributed by atoms with Crippen molar-refractivity contribution in [3.05, 3.63) is 59.1 Å². The second-order valence-corrected chi connectivity index (χ2v) is 8.23. The third kappa shape index (κ3) is 3.87. The molecule has 0 atom stereocenters. The van der Waals surface area contributed by atoms with Crippen LogP contribution in [0.15, 0.2) is 42.9 Å². The molecule has 1 aromatic carbocycles. The quantitative estimate of drug-likeness (QED) is 0.840. The number of halogens is 1. The molecule has 0 radical (unpaired) electrons. The number of nitrogens with one attached hydrogen (secondary N) is 1. The summed E-state index contributed by atoms with van der Waals surface area (Å²) in [4.78, 5) is 35.5. The van der Waals surface area contributed by atoms with Crippen molar-refractivity contribution in [2.75, 3.05) is 13.1 Å². The molecule has 1 N–H and O–H groups in total. The number of hydrogen-bond donors (Lipinski definition) is 1. The van der Waals surface area contributed by atoms with Gasteiger partial charge in [-0.2, -0.15) is 0 Å². The highest BCUT2D eigenvalue weighted by atomic mass is 35.5. The average Bonchev–Trinajstić information content (AvgIpc) is 3.19. The van der Waals surface area contributed by atoms with Crippen molar-refractivity contribution in [1.82, 2.24) is 20.2 Å². The van der Waals surface area contributed by atoms with Crippen LogP contribution in [0.2, 0.25) is 5.02 Å². The number of carbonyl (C=O) groups is 2. The van der Waals surface area contributed by atoms with Gasteiger partial charge < -0.3 is 10.2 Å². The molecule has 4 rings (SSSR count). The van der Waals surface area contributed by atoms with Gasteiger partial charge in [0.2, 0.25) is 5.91 Å². The number of benzene rings is 1. The Bertz CT molecular complexity index is 844. The maximum Gasteiger partial charge on any atom is 0.274 e. The van der Waals surface area contributed by atoms with E-state index >= 15 is 0 Å². The Kier molecular flexibility index (Phi) is 5.31. The first-order valence-corrected chi connectivity index (χ1v) is 10.0. The topological polar surface area (TPSA) is 75.2 Å². The van der Waals surface area contributed by atoms with Gasteiger partial charge in [-0.1, -0.05) is 36.6 Å². The lowest BCUT2D eigenvalue weighted by Crippen LogP contribution is -2.66. The number of amides is 2. The van der Waals surface area contributed by atoms with Gasteiger partial charge in [-0.25, -0.2) is 4.98 Å². The van der Waals surface area contributed by atoms with Crippen LogP contribution in [0.1, 0.15) is 41.7 Å². The van der Waals surface area contributed by atoms with Crippen LogP contribution in [0.4, 0.5) is 0 Å². The molecule has 1 saturated heterocycles. The minimum absolute atomic E-state index is 0.0394. The van der Waals surface area contributed by atoms with Gasteiger partial charge in [0.15, 0.2) is 0 Å². The van der Waals surface area contributed by atoms with Crippen molar-refractivity contribution >= 4 is 23.4 Å². The summed E-state index contributed by atoms with van der Waals surface area (Å²) in [6.45, 7) is 0.757. The normalized spacial score (nSPS) is 18.5. The fourth-order valence-corrected chi connectivity index (χ4v) is 4.26. The molecule has 0 spiro atoms. The molecule has 2 amide bonds. The van der Waals surface area contributed by atoms with Crippen LogP contribution < -0.4 is 5.32 Å². The Morgan fingerprint density at radius 2 is 1.86 bits per heavy atom. The Morgan fingerprint density at radius 3 is 2.50 bits per heavy atom. The monoisotopic (exact) mass is 398 g/mol. The molecule has 1 aliphatic heterocycles. The molecule has 1 aliphatic carbocycles. The van der Waals surface area contributed by atoms with E-state index in [1.807, 2.05) is 24.3 Å². The Labute approximate surface area is 169 Å². The second kappa shape index (κ2) is 7.87. The summed E-state index contributed by atoms with van der Waals surface area (Å²) in [5.74, 6) is -0.147. The highest BCUT2D eigenvalue weighted by Crippen LogP contribution is 2.36. The van der Waals surface area contributed by atoms with E-state index in [-0.39, 0.29) is 17.9 Å². The third-order valence-electron chi connectivity index (χ3n) is 5.68. The van der Waals surface area contributed by atoms with Crippen molar-refractivity contribution in [3.8, 4) is 0 Å². The largest absolute Gasteiger partial charge is 0.353 e. The predicted octanol–water partition coefficient (Wildman–Crippen LogP) is 2.87. The summed E-state index contributed by atoms with van der Waals surface area (Å²) in [5.41, 5.74) is 0.727. The van der Waals surface area contributed by atoms with Crippen molar-refractivity contribution in [1.29, 1.82) is 0 Å². The Balaban J connectivity index is 1.50. The van der Waals surface area contributed by atoms with Gasteiger partial charge in [-0.15, -0.1) is 0 Å². The first-order chi connectivity index (χ1) is 13.6. The number of likely N-dealkylation sites (tertiary alicyclic amines) is 1. The molecule has 7 heteroatoms. The predicted molar refractivity (Wildman–Crippen MR) is 106 cm³/mol. The molecule has 146 valence electrons. The van der Waals surface area contributed by atoms with Crippen molar-refractivity contribution in [2.24, 2.45) is 5.41 Å². The van der Waals surface area contributed by atoms with Gasteiger partial charge in [-0.3, -0.25) is 14.6 Å². The molecule has 2 fully saturated rings. The fourth-order valence-electron chi connectivity index (χ4n) is 4.14. The number of rotatable bonds is 5. The van der Waals surface area contributed by atoms with Gasteiger partial charge in [0.25, 0.3) is 5.91 Å². The minimum Gasteiger partial charge on any atom is -0.353 e. The molecule has 2 aliphatic rings. The molecule has 2 aromatic rings. The van der Waals surface area contributed by atoms with E-state index < -0.39 is 5.41 Å². The standard InChI is InChI=1S/C21H23ClN4O2/c22-16-7-5-15(6-8-16)11-21(20(28)25-17-3-1-2-4-17)13-26(14-21)19(27)18-12-23-9-10-24-18/h5-10,12,17H,1-4,11,13-14H2,(H,25,28). The van der Waals surface area contributed by atoms with E-state index in [0.29, 0.717) is 30.2 Å². The number of nitrogens with zero attached hydrogens (tertiary/aromatic N) is 3. The van der Waals surface area contributed by atoms with Gasteiger partial charge in [0.1, 0.15) is 5.69 Å². The van der Waals surface area contributed by atoms with Crippen LogP contribution in [0.5, 0.6) is 0 Å². The summed E-state index contributed by atoms with van der Waals surface area (Å²) in [6, 6.07) is 7.81. The van der Waals surface area contributed by atoms with Gasteiger partial charge in [0.05, 0.1) is 11.6 Å². The second-order valence-electron chi connectivity index (χ2n) is 7.79. The first-order valence-electron chi connectivity index (χ1n) is 9.66. The van der Waals surface area contributed by atoms with E-state index in [0.717, 1.165) is 31.2 Å². The van der Waals surface area contributed by atoms with E-state index in [9.17, 15) is 9.59 Å². The Hall–Kier alpha value is -2.47. The first kappa shape index (κ1) is 18.9. The van der Waals surface area contributed by atoms with Crippen LogP contribution in [0, 0.1) is 5.41 Å². The SMILES string of the molecule is O=C(c1cnccn1)N1CC(Cc2ccc(Cl)cc2)(C(=O)NC2CCCC2)C1. The van der Waals surface area contributed by atoms with Crippen LogP contribution in [-0.4, -0.2) is 45.8 Å². The summed E-state index contributed by atoms with van der Waals surface area (Å²) >= 11 is 5.99. The van der Waals surface area contributed by atoms with Crippen LogP contribution >= 0.6 is 11.6 Å². The highest BCUT2D eigenvalue weighted by molar-refractivity contribution is 6.30. The van der Waals surface area contributed by atoms with E-state index in [2.05, 4.69) is 15.3 Å². The highest BCUT2D eigenvalue weighted by Gasteiger charge is 2.51. The van der Waals surface area contributed by atoms with Crippen molar-refractivity contribution in [2.45, 2.75) is 38.1 Å². The maximum atomic E-state index is 13.2. The third-order valence-corrected chi connectivity index (χ3v) is 5.94. The molecule has 0 bridgehead atoms. The minimum atomic E-state index is -0.617. The molecular formula is C21H23ClN4O2. The number of hydrogen-bond acceptors (Lipinski definition) is 4. The van der Waals surface area contributed by atoms with E-state index in [4.69, 9.17) is 11.6 Å². The van der Waals surface area contributed by atoms with Gasteiger partial charge in [-0.05, 0) is 37.0 Å². The molecule has 1 aromatic heterocycles. The van der Waals surface area contributed by atoms with E-state index in [1.54, 1.807) is 4.90 Å². The molecule has 2 heterocycles. The molecule has 28 heavy (non-hydrogen) atoms. The van der Waals surface area contributed by atoms with Crippen molar-refractivity contribution < 1.29 is 9.59 Å². The average molecular weight is 399 g/mol. The molecule has 1 saturated carbocycles. The lowest BCUT2D eigenvalue weighted by molar-refractivity contribution is -0.140. The Morgan fingerprint density at radius 1 is 1.14 bits per heavy atom. The molecule has 0 unspecified atom stereocenters. The zero-order valence-electron chi connectivity index (χ0n) is 15.6. The zero-order valence-corrected chi connectivity index (χ0v) is 16.4. The number of carbonyl (C=O) groups excluding carboxylic acids is 2. The lowest BCUT2D eigenvalue weighted by Gasteiger charge is -2.49.